The zero-order valence-corrected chi connectivity index (χ0v) is 11.3. The first-order chi connectivity index (χ1) is 8.26. The number of nitrogens with one attached hydrogen (secondary N) is 1. The van der Waals surface area contributed by atoms with Gasteiger partial charge in [-0.3, -0.25) is 4.68 Å². The molecule has 4 nitrogen and oxygen atoms in total. The van der Waals surface area contributed by atoms with Crippen molar-refractivity contribution >= 4 is 0 Å². The molecule has 0 saturated heterocycles. The SMILES string of the molecule is CCCC(C)NCCOc1cnn(CCC)c1. The molecular formula is C13H25N3O. The molecule has 4 heteroatoms. The molecule has 1 unspecified atom stereocenters. The molecule has 17 heavy (non-hydrogen) atoms. The predicted octanol–water partition coefficient (Wildman–Crippen LogP) is 2.45. The van der Waals surface area contributed by atoms with Crippen LogP contribution in [0.3, 0.4) is 0 Å². The summed E-state index contributed by atoms with van der Waals surface area (Å²) in [7, 11) is 0. The standard InChI is InChI=1S/C13H25N3O/c1-4-6-12(3)14-7-9-17-13-10-15-16(11-13)8-5-2/h10-12,14H,4-9H2,1-3H3. The van der Waals surface area contributed by atoms with Gasteiger partial charge in [0, 0.05) is 19.1 Å². The highest BCUT2D eigenvalue weighted by Crippen LogP contribution is 2.08. The Morgan fingerprint density at radius 2 is 2.24 bits per heavy atom. The quantitative estimate of drug-likeness (QED) is 0.673. The van der Waals surface area contributed by atoms with Gasteiger partial charge in [0.1, 0.15) is 6.61 Å². The lowest BCUT2D eigenvalue weighted by Crippen LogP contribution is -2.29. The number of ether oxygens (including phenoxy) is 1. The topological polar surface area (TPSA) is 39.1 Å². The molecule has 1 aromatic rings. The molecular weight excluding hydrogens is 214 g/mol. The van der Waals surface area contributed by atoms with Gasteiger partial charge in [-0.2, -0.15) is 5.10 Å². The number of hydrogen-bond donors (Lipinski definition) is 1. The summed E-state index contributed by atoms with van der Waals surface area (Å²) in [5.41, 5.74) is 0. The summed E-state index contributed by atoms with van der Waals surface area (Å²) in [6.45, 7) is 9.10. The van der Waals surface area contributed by atoms with Gasteiger partial charge in [0.25, 0.3) is 0 Å². The van der Waals surface area contributed by atoms with Crippen LogP contribution in [-0.2, 0) is 6.54 Å². The average Bonchev–Trinajstić information content (AvgIpc) is 2.73. The van der Waals surface area contributed by atoms with Crippen molar-refractivity contribution in [1.82, 2.24) is 15.1 Å². The van der Waals surface area contributed by atoms with Gasteiger partial charge in [-0.1, -0.05) is 20.3 Å². The zero-order chi connectivity index (χ0) is 12.5. The molecule has 0 aliphatic carbocycles. The fourth-order valence-corrected chi connectivity index (χ4v) is 1.78. The third kappa shape index (κ3) is 5.73. The molecule has 0 fully saturated rings. The number of rotatable bonds is 9. The van der Waals surface area contributed by atoms with Crippen molar-refractivity contribution in [3.63, 3.8) is 0 Å². The maximum atomic E-state index is 5.62. The summed E-state index contributed by atoms with van der Waals surface area (Å²) in [6, 6.07) is 0.575. The van der Waals surface area contributed by atoms with Crippen molar-refractivity contribution in [3.8, 4) is 5.75 Å². The third-order valence-corrected chi connectivity index (χ3v) is 2.65. The summed E-state index contributed by atoms with van der Waals surface area (Å²) >= 11 is 0. The van der Waals surface area contributed by atoms with Gasteiger partial charge in [-0.25, -0.2) is 0 Å². The number of aromatic nitrogens is 2. The highest BCUT2D eigenvalue weighted by molar-refractivity contribution is 5.11. The van der Waals surface area contributed by atoms with Gasteiger partial charge < -0.3 is 10.1 Å². The van der Waals surface area contributed by atoms with Gasteiger partial charge >= 0.3 is 0 Å². The van der Waals surface area contributed by atoms with E-state index in [2.05, 4.69) is 31.2 Å². The molecule has 0 radical (unpaired) electrons. The van der Waals surface area contributed by atoms with Gasteiger partial charge in [0.15, 0.2) is 5.75 Å². The molecule has 0 aliphatic heterocycles. The summed E-state index contributed by atoms with van der Waals surface area (Å²) in [5, 5.41) is 7.65. The smallest absolute Gasteiger partial charge is 0.157 e. The van der Waals surface area contributed by atoms with Crippen LogP contribution < -0.4 is 10.1 Å². The van der Waals surface area contributed by atoms with Gasteiger partial charge in [0.05, 0.1) is 12.4 Å². The first-order valence-corrected chi connectivity index (χ1v) is 6.64. The van der Waals surface area contributed by atoms with Crippen molar-refractivity contribution in [2.24, 2.45) is 0 Å². The molecule has 0 aliphatic rings. The molecule has 1 atom stereocenters. The monoisotopic (exact) mass is 239 g/mol. The molecule has 1 N–H and O–H groups in total. The Kier molecular flexibility index (Phi) is 6.70. The lowest BCUT2D eigenvalue weighted by molar-refractivity contribution is 0.304. The summed E-state index contributed by atoms with van der Waals surface area (Å²) < 4.78 is 7.53. The molecule has 0 saturated carbocycles. The fraction of sp³-hybridized carbons (Fsp3) is 0.769. The minimum Gasteiger partial charge on any atom is -0.489 e. The molecule has 0 bridgehead atoms. The maximum absolute atomic E-state index is 5.62. The second kappa shape index (κ2) is 8.12. The second-order valence-corrected chi connectivity index (χ2v) is 4.43. The second-order valence-electron chi connectivity index (χ2n) is 4.43. The highest BCUT2D eigenvalue weighted by Gasteiger charge is 2.00. The van der Waals surface area contributed by atoms with E-state index in [1.54, 1.807) is 6.20 Å². The number of aryl methyl sites for hydroxylation is 1. The van der Waals surface area contributed by atoms with E-state index in [1.165, 1.54) is 12.8 Å². The first kappa shape index (κ1) is 14.0. The van der Waals surface area contributed by atoms with Crippen molar-refractivity contribution in [3.05, 3.63) is 12.4 Å². The molecule has 98 valence electrons. The molecule has 1 rings (SSSR count). The molecule has 0 aromatic carbocycles. The third-order valence-electron chi connectivity index (χ3n) is 2.65. The minimum absolute atomic E-state index is 0.575. The highest BCUT2D eigenvalue weighted by atomic mass is 16.5. The van der Waals surface area contributed by atoms with Crippen LogP contribution in [0.15, 0.2) is 12.4 Å². The van der Waals surface area contributed by atoms with E-state index in [9.17, 15) is 0 Å². The van der Waals surface area contributed by atoms with E-state index in [-0.39, 0.29) is 0 Å². The minimum atomic E-state index is 0.575. The van der Waals surface area contributed by atoms with Crippen LogP contribution in [0, 0.1) is 0 Å². The normalized spacial score (nSPS) is 12.6. The molecule has 1 heterocycles. The van der Waals surface area contributed by atoms with Crippen molar-refractivity contribution in [2.75, 3.05) is 13.2 Å². The lowest BCUT2D eigenvalue weighted by Gasteiger charge is -2.12. The van der Waals surface area contributed by atoms with Crippen LogP contribution in [0.25, 0.3) is 0 Å². The molecule has 1 aromatic heterocycles. The zero-order valence-electron chi connectivity index (χ0n) is 11.3. The Hall–Kier alpha value is -1.03. The fourth-order valence-electron chi connectivity index (χ4n) is 1.78. The predicted molar refractivity (Wildman–Crippen MR) is 70.4 cm³/mol. The molecule has 0 amide bonds. The van der Waals surface area contributed by atoms with E-state index in [0.29, 0.717) is 12.6 Å². The van der Waals surface area contributed by atoms with Crippen molar-refractivity contribution in [2.45, 2.75) is 52.6 Å². The number of nitrogens with zero attached hydrogens (tertiary/aromatic N) is 2. The van der Waals surface area contributed by atoms with Crippen molar-refractivity contribution < 1.29 is 4.74 Å². The lowest BCUT2D eigenvalue weighted by atomic mass is 10.2. The van der Waals surface area contributed by atoms with E-state index in [0.717, 1.165) is 25.3 Å². The van der Waals surface area contributed by atoms with E-state index in [1.807, 2.05) is 10.9 Å². The van der Waals surface area contributed by atoms with E-state index in [4.69, 9.17) is 4.74 Å². The van der Waals surface area contributed by atoms with E-state index >= 15 is 0 Å². The van der Waals surface area contributed by atoms with Gasteiger partial charge in [-0.05, 0) is 19.8 Å². The number of hydrogen-bond acceptors (Lipinski definition) is 3. The van der Waals surface area contributed by atoms with Crippen LogP contribution in [0.4, 0.5) is 0 Å². The average molecular weight is 239 g/mol. The van der Waals surface area contributed by atoms with Crippen LogP contribution >= 0.6 is 0 Å². The Labute approximate surface area is 104 Å². The van der Waals surface area contributed by atoms with Crippen LogP contribution in [0.2, 0.25) is 0 Å². The first-order valence-electron chi connectivity index (χ1n) is 6.64. The van der Waals surface area contributed by atoms with E-state index < -0.39 is 0 Å². The Morgan fingerprint density at radius 1 is 1.41 bits per heavy atom. The Bertz CT molecular complexity index is 299. The molecule has 0 spiro atoms. The summed E-state index contributed by atoms with van der Waals surface area (Å²) in [6.07, 6.45) is 7.27. The Morgan fingerprint density at radius 3 is 2.94 bits per heavy atom. The van der Waals surface area contributed by atoms with Crippen LogP contribution in [0.1, 0.15) is 40.0 Å². The summed E-state index contributed by atoms with van der Waals surface area (Å²) in [5.74, 6) is 0.864. The van der Waals surface area contributed by atoms with Crippen molar-refractivity contribution in [1.29, 1.82) is 0 Å². The van der Waals surface area contributed by atoms with Gasteiger partial charge in [-0.15, -0.1) is 0 Å². The van der Waals surface area contributed by atoms with Gasteiger partial charge in [0.2, 0.25) is 0 Å². The largest absolute Gasteiger partial charge is 0.489 e. The van der Waals surface area contributed by atoms with Crippen LogP contribution in [0.5, 0.6) is 5.75 Å². The summed E-state index contributed by atoms with van der Waals surface area (Å²) in [4.78, 5) is 0. The Balaban J connectivity index is 2.13. The maximum Gasteiger partial charge on any atom is 0.157 e. The van der Waals surface area contributed by atoms with Crippen LogP contribution in [-0.4, -0.2) is 29.0 Å².